The van der Waals surface area contributed by atoms with Gasteiger partial charge in [0.2, 0.25) is 0 Å². The van der Waals surface area contributed by atoms with Gasteiger partial charge < -0.3 is 10.1 Å². The van der Waals surface area contributed by atoms with Crippen LogP contribution in [0.3, 0.4) is 0 Å². The maximum Gasteiger partial charge on any atom is 0.150 e. The third-order valence-corrected chi connectivity index (χ3v) is 2.20. The predicted molar refractivity (Wildman–Crippen MR) is 53.3 cm³/mol. The fourth-order valence-corrected chi connectivity index (χ4v) is 1.47. The second kappa shape index (κ2) is 4.23. The van der Waals surface area contributed by atoms with Gasteiger partial charge in [-0.2, -0.15) is 0 Å². The monoisotopic (exact) mass is 207 g/mol. The number of ether oxygens (including phenoxy) is 1. The third kappa shape index (κ3) is 2.05. The second-order valence-corrected chi connectivity index (χ2v) is 3.19. The van der Waals surface area contributed by atoms with Crippen molar-refractivity contribution in [1.29, 1.82) is 0 Å². The maximum absolute atomic E-state index is 12.7. The van der Waals surface area contributed by atoms with Gasteiger partial charge in [0.15, 0.2) is 0 Å². The first kappa shape index (κ1) is 9.86. The van der Waals surface area contributed by atoms with Gasteiger partial charge in [-0.1, -0.05) is 0 Å². The highest BCUT2D eigenvalue weighted by atomic mass is 19.1. The molecule has 0 saturated heterocycles. The Labute approximate surface area is 86.6 Å². The molecule has 1 N–H and O–H groups in total. The molecule has 1 aromatic rings. The molecule has 0 saturated carbocycles. The summed E-state index contributed by atoms with van der Waals surface area (Å²) in [5.41, 5.74) is 2.06. The molecule has 1 heterocycles. The van der Waals surface area contributed by atoms with Crippen LogP contribution in [-0.4, -0.2) is 19.6 Å². The fraction of sp³-hybridized carbons (Fsp3) is 0.182. The summed E-state index contributed by atoms with van der Waals surface area (Å²) in [6, 6.07) is 5.99. The van der Waals surface area contributed by atoms with Crippen LogP contribution in [0.2, 0.25) is 0 Å². The van der Waals surface area contributed by atoms with E-state index in [1.54, 1.807) is 12.1 Å². The fourth-order valence-electron chi connectivity index (χ4n) is 1.47. The molecule has 0 bridgehead atoms. The third-order valence-electron chi connectivity index (χ3n) is 2.20. The van der Waals surface area contributed by atoms with E-state index >= 15 is 0 Å². The zero-order chi connectivity index (χ0) is 10.7. The van der Waals surface area contributed by atoms with E-state index in [9.17, 15) is 9.18 Å². The van der Waals surface area contributed by atoms with Crippen LogP contribution in [0.15, 0.2) is 29.8 Å². The smallest absolute Gasteiger partial charge is 0.150 e. The molecule has 1 aliphatic heterocycles. The van der Waals surface area contributed by atoms with Gasteiger partial charge in [-0.25, -0.2) is 4.39 Å². The molecule has 15 heavy (non-hydrogen) atoms. The maximum atomic E-state index is 12.7. The number of hydrogen-bond acceptors (Lipinski definition) is 3. The van der Waals surface area contributed by atoms with Crippen molar-refractivity contribution in [2.24, 2.45) is 0 Å². The summed E-state index contributed by atoms with van der Waals surface area (Å²) in [7, 11) is 0. The molecule has 0 aliphatic carbocycles. The van der Waals surface area contributed by atoms with Crippen LogP contribution < -0.4 is 5.32 Å². The molecule has 1 aromatic carbocycles. The molecule has 0 aromatic heterocycles. The lowest BCUT2D eigenvalue weighted by Crippen LogP contribution is -2.25. The molecule has 2 rings (SSSR count). The molecule has 4 heteroatoms. The lowest BCUT2D eigenvalue weighted by molar-refractivity contribution is -0.105. The number of carbonyl (C=O) groups is 1. The summed E-state index contributed by atoms with van der Waals surface area (Å²) in [4.78, 5) is 10.8. The summed E-state index contributed by atoms with van der Waals surface area (Å²) < 4.78 is 17.8. The Balaban J connectivity index is 2.39. The summed E-state index contributed by atoms with van der Waals surface area (Å²) in [6.45, 7) is 0.660. The van der Waals surface area contributed by atoms with Crippen molar-refractivity contribution in [1.82, 2.24) is 5.32 Å². The molecule has 0 fully saturated rings. The Morgan fingerprint density at radius 1 is 1.33 bits per heavy atom. The standard InChI is InChI=1S/C11H10FNO2/c12-10-3-1-8(2-4-10)11-9(5-14)6-15-7-13-11/h1-5,13H,6-7H2. The Morgan fingerprint density at radius 3 is 2.73 bits per heavy atom. The van der Waals surface area contributed by atoms with Gasteiger partial charge in [0.25, 0.3) is 0 Å². The van der Waals surface area contributed by atoms with E-state index in [0.717, 1.165) is 17.5 Å². The normalized spacial score (nSPS) is 16.1. The largest absolute Gasteiger partial charge is 0.362 e. The minimum Gasteiger partial charge on any atom is -0.362 e. The quantitative estimate of drug-likeness (QED) is 0.743. The lowest BCUT2D eigenvalue weighted by atomic mass is 10.1. The van der Waals surface area contributed by atoms with Crippen molar-refractivity contribution in [3.63, 3.8) is 0 Å². The van der Waals surface area contributed by atoms with E-state index in [1.807, 2.05) is 0 Å². The molecule has 78 valence electrons. The molecule has 1 aliphatic rings. The van der Waals surface area contributed by atoms with E-state index in [-0.39, 0.29) is 5.82 Å². The van der Waals surface area contributed by atoms with Crippen LogP contribution in [0.25, 0.3) is 5.70 Å². The van der Waals surface area contributed by atoms with E-state index in [4.69, 9.17) is 4.74 Å². The van der Waals surface area contributed by atoms with Crippen LogP contribution >= 0.6 is 0 Å². The highest BCUT2D eigenvalue weighted by molar-refractivity contribution is 5.88. The number of halogens is 1. The summed E-state index contributed by atoms with van der Waals surface area (Å²) in [5, 5.41) is 2.96. The number of nitrogens with one attached hydrogen (secondary N) is 1. The molecule has 0 amide bonds. The average Bonchev–Trinajstić information content (AvgIpc) is 2.30. The van der Waals surface area contributed by atoms with Gasteiger partial charge in [-0.15, -0.1) is 0 Å². The van der Waals surface area contributed by atoms with Crippen LogP contribution in [0.4, 0.5) is 4.39 Å². The topological polar surface area (TPSA) is 38.3 Å². The molecular weight excluding hydrogens is 197 g/mol. The van der Waals surface area contributed by atoms with Crippen LogP contribution in [0, 0.1) is 5.82 Å². The summed E-state index contributed by atoms with van der Waals surface area (Å²) in [6.07, 6.45) is 0.755. The molecule has 0 unspecified atom stereocenters. The van der Waals surface area contributed by atoms with Crippen molar-refractivity contribution >= 4 is 12.0 Å². The second-order valence-electron chi connectivity index (χ2n) is 3.19. The zero-order valence-electron chi connectivity index (χ0n) is 8.00. The van der Waals surface area contributed by atoms with Crippen molar-refractivity contribution in [3.8, 4) is 0 Å². The van der Waals surface area contributed by atoms with Crippen LogP contribution in [0.5, 0.6) is 0 Å². The number of carbonyl (C=O) groups excluding carboxylic acids is 1. The first-order chi connectivity index (χ1) is 7.31. The Morgan fingerprint density at radius 2 is 2.07 bits per heavy atom. The van der Waals surface area contributed by atoms with E-state index in [0.29, 0.717) is 18.9 Å². The lowest BCUT2D eigenvalue weighted by Gasteiger charge is -2.19. The molecular formula is C11H10FNO2. The minimum atomic E-state index is -0.293. The summed E-state index contributed by atoms with van der Waals surface area (Å²) in [5.74, 6) is -0.293. The van der Waals surface area contributed by atoms with Gasteiger partial charge in [-0.05, 0) is 29.8 Å². The van der Waals surface area contributed by atoms with E-state index in [2.05, 4.69) is 5.32 Å². The highest BCUT2D eigenvalue weighted by Crippen LogP contribution is 2.18. The Bertz CT molecular complexity index is 398. The highest BCUT2D eigenvalue weighted by Gasteiger charge is 2.13. The first-order valence-electron chi connectivity index (χ1n) is 4.57. The number of aldehydes is 1. The average molecular weight is 207 g/mol. The van der Waals surface area contributed by atoms with Gasteiger partial charge in [-0.3, -0.25) is 4.79 Å². The van der Waals surface area contributed by atoms with Gasteiger partial charge in [0, 0.05) is 5.57 Å². The van der Waals surface area contributed by atoms with Crippen molar-refractivity contribution < 1.29 is 13.9 Å². The van der Waals surface area contributed by atoms with Crippen molar-refractivity contribution in [2.75, 3.05) is 13.3 Å². The Hall–Kier alpha value is -1.68. The number of hydrogen-bond donors (Lipinski definition) is 1. The molecule has 0 radical (unpaired) electrons. The Kier molecular flexibility index (Phi) is 2.78. The van der Waals surface area contributed by atoms with Crippen molar-refractivity contribution in [2.45, 2.75) is 0 Å². The molecule has 0 spiro atoms. The van der Waals surface area contributed by atoms with Gasteiger partial charge in [0.1, 0.15) is 18.8 Å². The van der Waals surface area contributed by atoms with E-state index in [1.165, 1.54) is 12.1 Å². The van der Waals surface area contributed by atoms with E-state index < -0.39 is 0 Å². The zero-order valence-corrected chi connectivity index (χ0v) is 8.00. The minimum absolute atomic E-state index is 0.293. The van der Waals surface area contributed by atoms with Crippen LogP contribution in [-0.2, 0) is 9.53 Å². The SMILES string of the molecule is O=CC1=C(c2ccc(F)cc2)NCOC1. The number of rotatable bonds is 2. The molecule has 0 atom stereocenters. The summed E-state index contributed by atoms with van der Waals surface area (Å²) >= 11 is 0. The van der Waals surface area contributed by atoms with Crippen molar-refractivity contribution in [3.05, 3.63) is 41.2 Å². The van der Waals surface area contributed by atoms with Crippen LogP contribution in [0.1, 0.15) is 5.56 Å². The number of benzene rings is 1. The van der Waals surface area contributed by atoms with Gasteiger partial charge >= 0.3 is 0 Å². The first-order valence-corrected chi connectivity index (χ1v) is 4.57. The predicted octanol–water partition coefficient (Wildman–Crippen LogP) is 1.31. The van der Waals surface area contributed by atoms with Gasteiger partial charge in [0.05, 0.1) is 12.3 Å². The molecule has 3 nitrogen and oxygen atoms in total.